The van der Waals surface area contributed by atoms with Crippen molar-refractivity contribution < 1.29 is 24.2 Å². The molecule has 0 saturated heterocycles. The number of esters is 1. The molecule has 0 rings (SSSR count). The Morgan fingerprint density at radius 2 is 0.939 bits per heavy atom. The number of hydrogen-bond donors (Lipinski definition) is 2. The largest absolute Gasteiger partial charge is 0.480 e. The zero-order valence-electron chi connectivity index (χ0n) is 32.0. The predicted molar refractivity (Wildman–Crippen MR) is 208 cm³/mol. The van der Waals surface area contributed by atoms with Gasteiger partial charge in [0.15, 0.2) is 0 Å². The number of unbranched alkanes of at least 4 members (excludes halogenated alkanes) is 20. The quantitative estimate of drug-likeness (QED) is 0.0385. The number of aliphatic carboxylic acids is 1. The highest BCUT2D eigenvalue weighted by molar-refractivity contribution is 5.80. The molecule has 49 heavy (non-hydrogen) atoms. The van der Waals surface area contributed by atoms with Gasteiger partial charge in [-0.05, 0) is 77.0 Å². The summed E-state index contributed by atoms with van der Waals surface area (Å²) in [6.45, 7) is 4.17. The van der Waals surface area contributed by atoms with Gasteiger partial charge in [0, 0.05) is 12.8 Å². The summed E-state index contributed by atoms with van der Waals surface area (Å²) in [5.41, 5.74) is 0. The van der Waals surface area contributed by atoms with Gasteiger partial charge in [-0.15, -0.1) is 0 Å². The van der Waals surface area contributed by atoms with Gasteiger partial charge in [0.1, 0.15) is 12.6 Å². The number of hydrogen-bond acceptors (Lipinski definition) is 4. The lowest BCUT2D eigenvalue weighted by Crippen LogP contribution is -2.28. The summed E-state index contributed by atoms with van der Waals surface area (Å²) in [7, 11) is 0. The van der Waals surface area contributed by atoms with Crippen LogP contribution in [-0.4, -0.2) is 35.6 Å². The molecular weight excluding hydrogens is 610 g/mol. The zero-order valence-corrected chi connectivity index (χ0v) is 32.0. The third kappa shape index (κ3) is 38.3. The second kappa shape index (κ2) is 38.4. The first kappa shape index (κ1) is 46.6. The number of allylic oxidation sites excluding steroid dienone is 6. The normalized spacial score (nSPS) is 12.4. The summed E-state index contributed by atoms with van der Waals surface area (Å²) in [6, 6.07) is 0. The highest BCUT2D eigenvalue weighted by Gasteiger charge is 2.14. The van der Waals surface area contributed by atoms with E-state index in [4.69, 9.17) is 9.84 Å². The summed E-state index contributed by atoms with van der Waals surface area (Å²) in [5, 5.41) is 11.1. The van der Waals surface area contributed by atoms with E-state index in [0.29, 0.717) is 12.8 Å². The fourth-order valence-electron chi connectivity index (χ4n) is 5.99. The third-order valence-corrected chi connectivity index (χ3v) is 9.06. The fourth-order valence-corrected chi connectivity index (χ4v) is 5.99. The number of amides is 1. The van der Waals surface area contributed by atoms with Crippen LogP contribution in [0.2, 0.25) is 0 Å². The average Bonchev–Trinajstić information content (AvgIpc) is 3.08. The van der Waals surface area contributed by atoms with Crippen LogP contribution in [0.1, 0.15) is 206 Å². The molecule has 1 unspecified atom stereocenters. The summed E-state index contributed by atoms with van der Waals surface area (Å²) in [6.07, 6.45) is 47.1. The predicted octanol–water partition coefficient (Wildman–Crippen LogP) is 12.5. The van der Waals surface area contributed by atoms with Gasteiger partial charge in [-0.2, -0.15) is 0 Å². The summed E-state index contributed by atoms with van der Waals surface area (Å²) in [4.78, 5) is 34.8. The summed E-state index contributed by atoms with van der Waals surface area (Å²) in [5.74, 6) is -1.27. The molecule has 2 N–H and O–H groups in total. The first-order valence-electron chi connectivity index (χ1n) is 20.6. The molecule has 0 spiro atoms. The smallest absolute Gasteiger partial charge is 0.322 e. The van der Waals surface area contributed by atoms with Crippen molar-refractivity contribution in [3.63, 3.8) is 0 Å². The van der Waals surface area contributed by atoms with Gasteiger partial charge in [0.25, 0.3) is 0 Å². The lowest BCUT2D eigenvalue weighted by Gasteiger charge is -2.18. The van der Waals surface area contributed by atoms with E-state index in [1.54, 1.807) is 0 Å². The van der Waals surface area contributed by atoms with Crippen LogP contribution < -0.4 is 5.32 Å². The maximum atomic E-state index is 12.6. The van der Waals surface area contributed by atoms with Crippen molar-refractivity contribution >= 4 is 17.8 Å². The van der Waals surface area contributed by atoms with E-state index in [1.165, 1.54) is 109 Å². The Kier molecular flexibility index (Phi) is 36.6. The molecule has 0 fully saturated rings. The van der Waals surface area contributed by atoms with Crippen LogP contribution in [0.5, 0.6) is 0 Å². The van der Waals surface area contributed by atoms with Crippen LogP contribution in [0.4, 0.5) is 0 Å². The van der Waals surface area contributed by atoms with E-state index >= 15 is 0 Å². The van der Waals surface area contributed by atoms with Crippen molar-refractivity contribution in [3.8, 4) is 0 Å². The third-order valence-electron chi connectivity index (χ3n) is 9.06. The first-order valence-corrected chi connectivity index (χ1v) is 20.6. The number of rotatable bonds is 37. The molecule has 0 heterocycles. The number of carboxylic acid groups (broad SMARTS) is 1. The molecule has 0 aromatic rings. The molecule has 0 aliphatic carbocycles. The maximum Gasteiger partial charge on any atom is 0.322 e. The van der Waals surface area contributed by atoms with Gasteiger partial charge in [0.2, 0.25) is 5.91 Å². The van der Waals surface area contributed by atoms with Gasteiger partial charge in [-0.3, -0.25) is 14.4 Å². The topological polar surface area (TPSA) is 92.7 Å². The lowest BCUT2D eigenvalue weighted by molar-refractivity contribution is -0.150. The van der Waals surface area contributed by atoms with Crippen molar-refractivity contribution in [2.45, 2.75) is 213 Å². The van der Waals surface area contributed by atoms with Gasteiger partial charge >= 0.3 is 11.9 Å². The molecule has 284 valence electrons. The number of carbonyl (C=O) groups excluding carboxylic acids is 2. The van der Waals surface area contributed by atoms with E-state index in [2.05, 4.69) is 55.6 Å². The van der Waals surface area contributed by atoms with Crippen molar-refractivity contribution in [2.24, 2.45) is 0 Å². The van der Waals surface area contributed by atoms with Crippen molar-refractivity contribution in [1.29, 1.82) is 0 Å². The van der Waals surface area contributed by atoms with Crippen LogP contribution in [0.15, 0.2) is 36.5 Å². The Morgan fingerprint density at radius 1 is 0.531 bits per heavy atom. The molecule has 6 heteroatoms. The molecule has 0 radical (unpaired) electrons. The van der Waals surface area contributed by atoms with Crippen LogP contribution in [0.25, 0.3) is 0 Å². The molecule has 6 nitrogen and oxygen atoms in total. The van der Waals surface area contributed by atoms with E-state index in [9.17, 15) is 14.4 Å². The molecule has 0 aliphatic heterocycles. The second-order valence-electron chi connectivity index (χ2n) is 13.9. The van der Waals surface area contributed by atoms with E-state index < -0.39 is 5.97 Å². The van der Waals surface area contributed by atoms with Gasteiger partial charge in [0.05, 0.1) is 0 Å². The molecule has 0 bridgehead atoms. The minimum Gasteiger partial charge on any atom is -0.480 e. The van der Waals surface area contributed by atoms with Gasteiger partial charge in [-0.25, -0.2) is 0 Å². The van der Waals surface area contributed by atoms with Gasteiger partial charge in [-0.1, -0.05) is 153 Å². The standard InChI is InChI=1S/C43H77NO5/c1-3-5-7-9-10-11-12-13-14-15-16-17-18-19-20-21-22-23-24-25-26-28-34-38-43(48)49-40(35-31-27-8-6-4-2)36-32-29-30-33-37-41(45)44-39-42(46)47/h12-13,15-16,18-19,40H,3-11,14,17,20-39H2,1-2H3,(H,44,45)(H,46,47)/b13-12-,16-15-,19-18-. The van der Waals surface area contributed by atoms with Crippen LogP contribution in [0.3, 0.4) is 0 Å². The molecule has 0 aromatic carbocycles. The molecule has 1 atom stereocenters. The Morgan fingerprint density at radius 3 is 1.43 bits per heavy atom. The number of nitrogens with one attached hydrogen (secondary N) is 1. The Labute approximate surface area is 302 Å². The number of carboxylic acids is 1. The number of carbonyl (C=O) groups is 3. The van der Waals surface area contributed by atoms with E-state index in [-0.39, 0.29) is 24.5 Å². The Balaban J connectivity index is 3.85. The highest BCUT2D eigenvalue weighted by Crippen LogP contribution is 2.18. The van der Waals surface area contributed by atoms with Crippen molar-refractivity contribution in [3.05, 3.63) is 36.5 Å². The number of ether oxygens (including phenoxy) is 1. The summed E-state index contributed by atoms with van der Waals surface area (Å²) < 4.78 is 5.94. The van der Waals surface area contributed by atoms with Crippen LogP contribution in [-0.2, 0) is 19.1 Å². The molecular formula is C43H77NO5. The van der Waals surface area contributed by atoms with Gasteiger partial charge < -0.3 is 15.2 Å². The molecule has 0 aromatic heterocycles. The summed E-state index contributed by atoms with van der Waals surface area (Å²) >= 11 is 0. The van der Waals surface area contributed by atoms with Crippen LogP contribution in [0, 0.1) is 0 Å². The maximum absolute atomic E-state index is 12.6. The minimum absolute atomic E-state index is 0.00117. The van der Waals surface area contributed by atoms with Crippen molar-refractivity contribution in [1.82, 2.24) is 5.32 Å². The highest BCUT2D eigenvalue weighted by atomic mass is 16.5. The Bertz CT molecular complexity index is 849. The van der Waals surface area contributed by atoms with E-state index in [0.717, 1.165) is 70.6 Å². The average molecular weight is 688 g/mol. The minimum atomic E-state index is -1.02. The molecule has 0 aliphatic rings. The zero-order chi connectivity index (χ0) is 35.9. The van der Waals surface area contributed by atoms with Crippen molar-refractivity contribution in [2.75, 3.05) is 6.54 Å². The molecule has 1 amide bonds. The fraction of sp³-hybridized carbons (Fsp3) is 0.791. The van der Waals surface area contributed by atoms with E-state index in [1.807, 2.05) is 0 Å². The van der Waals surface area contributed by atoms with Crippen LogP contribution >= 0.6 is 0 Å². The molecule has 0 saturated carbocycles. The lowest BCUT2D eigenvalue weighted by atomic mass is 10.0. The Hall–Kier alpha value is -2.37. The second-order valence-corrected chi connectivity index (χ2v) is 13.9. The first-order chi connectivity index (χ1) is 24.0. The monoisotopic (exact) mass is 688 g/mol. The SMILES string of the molecule is CCCCCCC/C=C\C/C=C\C/C=C\CCCCCCCCCCC(=O)OC(CCCCCCC)CCCCCCC(=O)NCC(=O)O.